The van der Waals surface area contributed by atoms with Gasteiger partial charge in [-0.15, -0.1) is 0 Å². The number of aromatic nitrogens is 1. The van der Waals surface area contributed by atoms with Crippen LogP contribution in [-0.4, -0.2) is 42.5 Å². The Hall–Kier alpha value is -2.38. The van der Waals surface area contributed by atoms with Crippen LogP contribution in [0, 0.1) is 0 Å². The lowest BCUT2D eigenvalue weighted by Gasteiger charge is -2.28. The van der Waals surface area contributed by atoms with Gasteiger partial charge in [-0.25, -0.2) is 14.6 Å². The van der Waals surface area contributed by atoms with Crippen LogP contribution in [0.1, 0.15) is 50.4 Å². The van der Waals surface area contributed by atoms with Gasteiger partial charge in [0.1, 0.15) is 5.60 Å². The van der Waals surface area contributed by atoms with E-state index >= 15 is 0 Å². The van der Waals surface area contributed by atoms with Gasteiger partial charge in [0.2, 0.25) is 0 Å². The SMILES string of the molecule is COCc1nc(OC(=O)NC[C@@H](NC(=O)OC(C)(C)C)[C@@H](C)c2ccc(C(F)(F)F)cc2)sc1Br. The molecule has 1 heterocycles. The number of ether oxygens (including phenoxy) is 3. The van der Waals surface area contributed by atoms with Crippen LogP contribution >= 0.6 is 27.3 Å². The predicted molar refractivity (Wildman–Crippen MR) is 128 cm³/mol. The van der Waals surface area contributed by atoms with Crippen LogP contribution in [0.2, 0.25) is 0 Å². The Bertz CT molecular complexity index is 1010. The van der Waals surface area contributed by atoms with Crippen molar-refractivity contribution in [1.82, 2.24) is 15.6 Å². The number of benzene rings is 1. The number of alkyl halides is 3. The number of rotatable bonds is 8. The van der Waals surface area contributed by atoms with Gasteiger partial charge in [0.05, 0.1) is 27.7 Å². The molecule has 1 aromatic heterocycles. The fourth-order valence-corrected chi connectivity index (χ4v) is 4.18. The second kappa shape index (κ2) is 12.0. The standard InChI is InChI=1S/C22H27BrF3N3O5S/c1-12(13-6-8-14(9-7-13)22(24,25)26)15(28-19(31)34-21(2,3)4)10-27-18(30)33-20-29-16(11-32-5)17(23)35-20/h6-9,12,15H,10-11H2,1-5H3,(H,27,30)(H,28,31)/t12-,15+/m0/s1. The summed E-state index contributed by atoms with van der Waals surface area (Å²) in [6.07, 6.45) is -6.01. The minimum atomic E-state index is -4.46. The number of amides is 2. The van der Waals surface area contributed by atoms with Gasteiger partial charge in [-0.3, -0.25) is 0 Å². The molecule has 13 heteroatoms. The van der Waals surface area contributed by atoms with E-state index in [1.165, 1.54) is 19.2 Å². The van der Waals surface area contributed by atoms with E-state index in [4.69, 9.17) is 14.2 Å². The second-order valence-corrected chi connectivity index (χ2v) is 10.8. The maximum Gasteiger partial charge on any atom is 0.416 e. The van der Waals surface area contributed by atoms with Crippen molar-refractivity contribution in [2.24, 2.45) is 0 Å². The zero-order valence-electron chi connectivity index (χ0n) is 19.8. The maximum absolute atomic E-state index is 12.9. The van der Waals surface area contributed by atoms with Crippen LogP contribution in [0.25, 0.3) is 0 Å². The summed E-state index contributed by atoms with van der Waals surface area (Å²) in [5, 5.41) is 5.32. The molecular formula is C22H27BrF3N3O5S. The zero-order chi connectivity index (χ0) is 26.4. The number of hydrogen-bond acceptors (Lipinski definition) is 7. The number of thiazole rings is 1. The molecule has 0 saturated heterocycles. The maximum atomic E-state index is 12.9. The molecule has 194 valence electrons. The van der Waals surface area contributed by atoms with Crippen LogP contribution in [-0.2, 0) is 22.3 Å². The number of halogens is 4. The molecule has 1 aromatic carbocycles. The highest BCUT2D eigenvalue weighted by Gasteiger charge is 2.31. The Morgan fingerprint density at radius 1 is 1.14 bits per heavy atom. The molecular weight excluding hydrogens is 555 g/mol. The first-order valence-corrected chi connectivity index (χ1v) is 12.1. The van der Waals surface area contributed by atoms with Gasteiger partial charge in [-0.1, -0.05) is 30.4 Å². The molecule has 2 rings (SSSR count). The Morgan fingerprint density at radius 3 is 2.31 bits per heavy atom. The van der Waals surface area contributed by atoms with Gasteiger partial charge in [-0.05, 0) is 54.4 Å². The van der Waals surface area contributed by atoms with Gasteiger partial charge in [-0.2, -0.15) is 13.2 Å². The number of carbonyl (C=O) groups excluding carboxylic acids is 2. The van der Waals surface area contributed by atoms with Crippen molar-refractivity contribution in [2.45, 2.75) is 58.0 Å². The third kappa shape index (κ3) is 9.30. The van der Waals surface area contributed by atoms with Crippen LogP contribution in [0.3, 0.4) is 0 Å². The Kier molecular flexibility index (Phi) is 9.93. The van der Waals surface area contributed by atoms with E-state index in [2.05, 4.69) is 31.5 Å². The normalized spacial score (nSPS) is 13.6. The highest BCUT2D eigenvalue weighted by atomic mass is 79.9. The van der Waals surface area contributed by atoms with Crippen molar-refractivity contribution >= 4 is 39.5 Å². The van der Waals surface area contributed by atoms with Crippen LogP contribution in [0.4, 0.5) is 22.8 Å². The molecule has 35 heavy (non-hydrogen) atoms. The van der Waals surface area contributed by atoms with Gasteiger partial charge in [0.25, 0.3) is 5.19 Å². The molecule has 8 nitrogen and oxygen atoms in total. The van der Waals surface area contributed by atoms with Crippen molar-refractivity contribution in [3.63, 3.8) is 0 Å². The minimum Gasteiger partial charge on any atom is -0.444 e. The van der Waals surface area contributed by atoms with Crippen molar-refractivity contribution < 1.29 is 37.0 Å². The Morgan fingerprint density at radius 2 is 1.77 bits per heavy atom. The quantitative estimate of drug-likeness (QED) is 0.405. The monoisotopic (exact) mass is 581 g/mol. The summed E-state index contributed by atoms with van der Waals surface area (Å²) in [5.41, 5.74) is -0.450. The number of nitrogens with zero attached hydrogens (tertiary/aromatic N) is 1. The molecule has 0 aliphatic carbocycles. The highest BCUT2D eigenvalue weighted by Crippen LogP contribution is 2.32. The highest BCUT2D eigenvalue weighted by molar-refractivity contribution is 9.11. The molecule has 0 unspecified atom stereocenters. The van der Waals surface area contributed by atoms with Crippen molar-refractivity contribution in [3.05, 3.63) is 44.9 Å². The predicted octanol–water partition coefficient (Wildman–Crippen LogP) is 5.86. The lowest BCUT2D eigenvalue weighted by atomic mass is 9.92. The molecule has 0 radical (unpaired) electrons. The van der Waals surface area contributed by atoms with Gasteiger partial charge in [0, 0.05) is 19.6 Å². The molecule has 0 bridgehead atoms. The fraction of sp³-hybridized carbons (Fsp3) is 0.500. The molecule has 2 aromatic rings. The first-order valence-electron chi connectivity index (χ1n) is 10.5. The average molecular weight is 582 g/mol. The van der Waals surface area contributed by atoms with Gasteiger partial charge < -0.3 is 24.8 Å². The molecule has 0 saturated carbocycles. The van der Waals surface area contributed by atoms with E-state index in [1.54, 1.807) is 27.7 Å². The molecule has 2 N–H and O–H groups in total. The summed E-state index contributed by atoms with van der Waals surface area (Å²) < 4.78 is 54.9. The summed E-state index contributed by atoms with van der Waals surface area (Å²) in [4.78, 5) is 28.9. The van der Waals surface area contributed by atoms with Crippen LogP contribution in [0.5, 0.6) is 5.19 Å². The average Bonchev–Trinajstić information content (AvgIpc) is 3.07. The second-order valence-electron chi connectivity index (χ2n) is 8.56. The number of hydrogen-bond donors (Lipinski definition) is 2. The lowest BCUT2D eigenvalue weighted by molar-refractivity contribution is -0.137. The molecule has 0 fully saturated rings. The Balaban J connectivity index is 2.12. The van der Waals surface area contributed by atoms with Crippen LogP contribution < -0.4 is 15.4 Å². The van der Waals surface area contributed by atoms with Crippen molar-refractivity contribution in [2.75, 3.05) is 13.7 Å². The fourth-order valence-electron chi connectivity index (χ4n) is 2.91. The number of alkyl carbamates (subject to hydrolysis) is 1. The molecule has 2 amide bonds. The first kappa shape index (κ1) is 28.9. The van der Waals surface area contributed by atoms with E-state index in [0.717, 1.165) is 23.5 Å². The lowest BCUT2D eigenvalue weighted by Crippen LogP contribution is -2.48. The van der Waals surface area contributed by atoms with E-state index in [-0.39, 0.29) is 18.3 Å². The van der Waals surface area contributed by atoms with E-state index < -0.39 is 41.5 Å². The minimum absolute atomic E-state index is 0.0856. The summed E-state index contributed by atoms with van der Waals surface area (Å²) >= 11 is 4.42. The third-order valence-corrected chi connectivity index (χ3v) is 6.33. The smallest absolute Gasteiger partial charge is 0.416 e. The molecule has 0 aliphatic heterocycles. The van der Waals surface area contributed by atoms with Gasteiger partial charge >= 0.3 is 18.4 Å². The van der Waals surface area contributed by atoms with Crippen molar-refractivity contribution in [1.29, 1.82) is 0 Å². The summed E-state index contributed by atoms with van der Waals surface area (Å²) in [5.74, 6) is -0.479. The molecule has 0 spiro atoms. The van der Waals surface area contributed by atoms with E-state index in [9.17, 15) is 22.8 Å². The topological polar surface area (TPSA) is 98.8 Å². The van der Waals surface area contributed by atoms with Crippen LogP contribution in [0.15, 0.2) is 28.1 Å². The molecule has 0 aliphatic rings. The largest absolute Gasteiger partial charge is 0.444 e. The zero-order valence-corrected chi connectivity index (χ0v) is 22.2. The van der Waals surface area contributed by atoms with E-state index in [1.807, 2.05) is 0 Å². The number of methoxy groups -OCH3 is 1. The van der Waals surface area contributed by atoms with Crippen molar-refractivity contribution in [3.8, 4) is 5.19 Å². The summed E-state index contributed by atoms with van der Waals surface area (Å²) in [6.45, 7) is 6.94. The molecule has 2 atom stereocenters. The summed E-state index contributed by atoms with van der Waals surface area (Å²) in [6, 6.07) is 3.88. The third-order valence-electron chi connectivity index (χ3n) is 4.63. The Labute approximate surface area is 213 Å². The first-order chi connectivity index (χ1) is 16.2. The van der Waals surface area contributed by atoms with Gasteiger partial charge in [0.15, 0.2) is 0 Å². The number of nitrogens with one attached hydrogen (secondary N) is 2. The van der Waals surface area contributed by atoms with E-state index in [0.29, 0.717) is 15.0 Å². The summed E-state index contributed by atoms with van der Waals surface area (Å²) in [7, 11) is 1.51. The number of carbonyl (C=O) groups is 2.